The Hall–Kier alpha value is -0.620. The number of hydrogen-bond acceptors (Lipinski definition) is 3. The average Bonchev–Trinajstić information content (AvgIpc) is 2.35. The van der Waals surface area contributed by atoms with Crippen molar-refractivity contribution >= 4 is 28.6 Å². The summed E-state index contributed by atoms with van der Waals surface area (Å²) < 4.78 is 6.55. The van der Waals surface area contributed by atoms with E-state index in [0.717, 1.165) is 32.4 Å². The minimum absolute atomic E-state index is 0.0886. The quantitative estimate of drug-likeness (QED) is 0.400. The highest BCUT2D eigenvalue weighted by atomic mass is 127. The molecule has 0 bridgehead atoms. The molecule has 0 fully saturated rings. The van der Waals surface area contributed by atoms with Gasteiger partial charge in [0.15, 0.2) is 0 Å². The lowest BCUT2D eigenvalue weighted by Crippen LogP contribution is -2.23. The van der Waals surface area contributed by atoms with Gasteiger partial charge in [-0.25, -0.2) is 0 Å². The van der Waals surface area contributed by atoms with Gasteiger partial charge in [0.25, 0.3) is 0 Å². The zero-order valence-corrected chi connectivity index (χ0v) is 15.4. The number of carbonyl (C=O) groups is 1. The standard InChI is InChI=1S/C17H26INO2/c1-17(2,3)21-16(20)10-5-4-6-11-19-13-14-8-7-9-15(18)12-14/h7-9,12,19H,4-6,10-11,13H2,1-3H3. The van der Waals surface area contributed by atoms with E-state index in [1.54, 1.807) is 0 Å². The molecule has 0 aliphatic carbocycles. The summed E-state index contributed by atoms with van der Waals surface area (Å²) >= 11 is 2.33. The molecule has 0 aliphatic rings. The number of hydrogen-bond donors (Lipinski definition) is 1. The van der Waals surface area contributed by atoms with E-state index in [1.807, 2.05) is 20.8 Å². The summed E-state index contributed by atoms with van der Waals surface area (Å²) in [7, 11) is 0. The van der Waals surface area contributed by atoms with Crippen molar-refractivity contribution in [2.75, 3.05) is 6.54 Å². The molecule has 3 nitrogen and oxygen atoms in total. The maximum atomic E-state index is 11.5. The molecule has 1 aromatic carbocycles. The fourth-order valence-corrected chi connectivity index (χ4v) is 2.58. The second-order valence-corrected chi connectivity index (χ2v) is 7.45. The first-order chi connectivity index (χ1) is 9.87. The first-order valence-corrected chi connectivity index (χ1v) is 8.62. The zero-order valence-electron chi connectivity index (χ0n) is 13.2. The Morgan fingerprint density at radius 1 is 1.24 bits per heavy atom. The van der Waals surface area contributed by atoms with Crippen molar-refractivity contribution in [1.82, 2.24) is 5.32 Å². The van der Waals surface area contributed by atoms with Crippen LogP contribution >= 0.6 is 22.6 Å². The number of ether oxygens (including phenoxy) is 1. The van der Waals surface area contributed by atoms with Gasteiger partial charge in [0.05, 0.1) is 0 Å². The van der Waals surface area contributed by atoms with E-state index >= 15 is 0 Å². The normalized spacial score (nSPS) is 11.4. The summed E-state index contributed by atoms with van der Waals surface area (Å²) in [5.74, 6) is -0.0886. The molecule has 4 heteroatoms. The molecule has 0 saturated heterocycles. The van der Waals surface area contributed by atoms with Crippen LogP contribution in [0.4, 0.5) is 0 Å². The van der Waals surface area contributed by atoms with Crippen LogP contribution in [0.15, 0.2) is 24.3 Å². The molecule has 0 atom stereocenters. The summed E-state index contributed by atoms with van der Waals surface area (Å²) in [5, 5.41) is 3.44. The van der Waals surface area contributed by atoms with E-state index in [1.165, 1.54) is 9.13 Å². The minimum Gasteiger partial charge on any atom is -0.460 e. The topological polar surface area (TPSA) is 38.3 Å². The molecule has 0 heterocycles. The molecule has 0 radical (unpaired) electrons. The molecular weight excluding hydrogens is 377 g/mol. The average molecular weight is 403 g/mol. The van der Waals surface area contributed by atoms with Gasteiger partial charge < -0.3 is 10.1 Å². The number of esters is 1. The van der Waals surface area contributed by atoms with Crippen LogP contribution in [0.3, 0.4) is 0 Å². The van der Waals surface area contributed by atoms with Crippen LogP contribution in [-0.4, -0.2) is 18.1 Å². The van der Waals surface area contributed by atoms with Gasteiger partial charge in [0.1, 0.15) is 5.60 Å². The molecule has 118 valence electrons. The minimum atomic E-state index is -0.369. The summed E-state index contributed by atoms with van der Waals surface area (Å²) in [4.78, 5) is 11.5. The van der Waals surface area contributed by atoms with Crippen molar-refractivity contribution in [1.29, 1.82) is 0 Å². The number of halogens is 1. The van der Waals surface area contributed by atoms with Gasteiger partial charge in [-0.15, -0.1) is 0 Å². The van der Waals surface area contributed by atoms with E-state index in [-0.39, 0.29) is 11.6 Å². The Morgan fingerprint density at radius 3 is 2.67 bits per heavy atom. The van der Waals surface area contributed by atoms with E-state index in [4.69, 9.17) is 4.74 Å². The monoisotopic (exact) mass is 403 g/mol. The van der Waals surface area contributed by atoms with Crippen molar-refractivity contribution in [3.8, 4) is 0 Å². The third-order valence-corrected chi connectivity index (χ3v) is 3.54. The van der Waals surface area contributed by atoms with E-state index in [2.05, 4.69) is 52.2 Å². The molecule has 0 aromatic heterocycles. The molecule has 21 heavy (non-hydrogen) atoms. The number of nitrogens with one attached hydrogen (secondary N) is 1. The van der Waals surface area contributed by atoms with Crippen LogP contribution in [0.1, 0.15) is 52.0 Å². The Balaban J connectivity index is 2.01. The SMILES string of the molecule is CC(C)(C)OC(=O)CCCCCNCc1cccc(I)c1. The summed E-state index contributed by atoms with van der Waals surface area (Å²) in [5.41, 5.74) is 0.946. The van der Waals surface area contributed by atoms with Gasteiger partial charge in [-0.1, -0.05) is 18.6 Å². The lowest BCUT2D eigenvalue weighted by Gasteiger charge is -2.19. The largest absolute Gasteiger partial charge is 0.460 e. The van der Waals surface area contributed by atoms with Crippen LogP contribution in [0.5, 0.6) is 0 Å². The van der Waals surface area contributed by atoms with Crippen LogP contribution in [0.2, 0.25) is 0 Å². The number of benzene rings is 1. The summed E-state index contributed by atoms with van der Waals surface area (Å²) in [6.45, 7) is 7.60. The lowest BCUT2D eigenvalue weighted by atomic mass is 10.1. The molecular formula is C17H26INO2. The Bertz CT molecular complexity index is 441. The lowest BCUT2D eigenvalue weighted by molar-refractivity contribution is -0.154. The van der Waals surface area contributed by atoms with Crippen LogP contribution in [0, 0.1) is 3.57 Å². The van der Waals surface area contributed by atoms with Gasteiger partial charge >= 0.3 is 5.97 Å². The van der Waals surface area contributed by atoms with Crippen molar-refractivity contribution in [2.24, 2.45) is 0 Å². The molecule has 0 spiro atoms. The fraction of sp³-hybridized carbons (Fsp3) is 0.588. The third kappa shape index (κ3) is 9.85. The highest BCUT2D eigenvalue weighted by molar-refractivity contribution is 14.1. The molecule has 1 rings (SSSR count). The molecule has 0 unspecified atom stereocenters. The number of unbranched alkanes of at least 4 members (excludes halogenated alkanes) is 2. The maximum absolute atomic E-state index is 11.5. The smallest absolute Gasteiger partial charge is 0.306 e. The Morgan fingerprint density at radius 2 is 2.00 bits per heavy atom. The number of rotatable bonds is 8. The Labute approximate surface area is 142 Å². The Kier molecular flexibility index (Phi) is 8.26. The van der Waals surface area contributed by atoms with Crippen LogP contribution < -0.4 is 5.32 Å². The third-order valence-electron chi connectivity index (χ3n) is 2.87. The van der Waals surface area contributed by atoms with Crippen LogP contribution in [0.25, 0.3) is 0 Å². The predicted octanol–water partition coefficient (Wildman–Crippen LogP) is 4.28. The fourth-order valence-electron chi connectivity index (χ4n) is 1.97. The van der Waals surface area contributed by atoms with Crippen LogP contribution in [-0.2, 0) is 16.1 Å². The highest BCUT2D eigenvalue weighted by Gasteiger charge is 2.15. The van der Waals surface area contributed by atoms with Gasteiger partial charge in [-0.05, 0) is 80.4 Å². The summed E-state index contributed by atoms with van der Waals surface area (Å²) in [6, 6.07) is 8.51. The molecule has 1 aromatic rings. The maximum Gasteiger partial charge on any atom is 0.306 e. The first-order valence-electron chi connectivity index (χ1n) is 7.54. The van der Waals surface area contributed by atoms with E-state index in [9.17, 15) is 4.79 Å². The van der Waals surface area contributed by atoms with Crippen molar-refractivity contribution in [3.05, 3.63) is 33.4 Å². The van der Waals surface area contributed by atoms with Crippen molar-refractivity contribution in [2.45, 2.75) is 58.6 Å². The van der Waals surface area contributed by atoms with Gasteiger partial charge in [-0.3, -0.25) is 4.79 Å². The highest BCUT2D eigenvalue weighted by Crippen LogP contribution is 2.10. The van der Waals surface area contributed by atoms with Gasteiger partial charge in [0, 0.05) is 16.5 Å². The molecule has 0 saturated carbocycles. The van der Waals surface area contributed by atoms with E-state index < -0.39 is 0 Å². The van der Waals surface area contributed by atoms with Gasteiger partial charge in [-0.2, -0.15) is 0 Å². The second kappa shape index (κ2) is 9.41. The number of carbonyl (C=O) groups excluding carboxylic acids is 1. The van der Waals surface area contributed by atoms with Crippen molar-refractivity contribution in [3.63, 3.8) is 0 Å². The molecule has 1 N–H and O–H groups in total. The first kappa shape index (κ1) is 18.4. The van der Waals surface area contributed by atoms with E-state index in [0.29, 0.717) is 6.42 Å². The molecule has 0 aliphatic heterocycles. The summed E-state index contributed by atoms with van der Waals surface area (Å²) in [6.07, 6.45) is 3.57. The zero-order chi connectivity index (χ0) is 15.7. The molecule has 0 amide bonds. The second-order valence-electron chi connectivity index (χ2n) is 6.20. The van der Waals surface area contributed by atoms with Gasteiger partial charge in [0.2, 0.25) is 0 Å². The van der Waals surface area contributed by atoms with Crippen molar-refractivity contribution < 1.29 is 9.53 Å². The predicted molar refractivity (Wildman–Crippen MR) is 95.2 cm³/mol.